The molecule has 2 rings (SSSR count). The Bertz CT molecular complexity index is 405. The number of carboxylic acids is 1. The molecule has 1 fully saturated rings. The molecule has 5 nitrogen and oxygen atoms in total. The summed E-state index contributed by atoms with van der Waals surface area (Å²) in [6.45, 7) is 5.55. The van der Waals surface area contributed by atoms with Crippen LogP contribution < -0.4 is 4.90 Å². The van der Waals surface area contributed by atoms with Crippen LogP contribution in [0.4, 0.5) is 5.82 Å². The highest BCUT2D eigenvalue weighted by molar-refractivity contribution is 5.69. The van der Waals surface area contributed by atoms with Gasteiger partial charge in [-0.3, -0.25) is 9.69 Å². The van der Waals surface area contributed by atoms with Gasteiger partial charge in [-0.05, 0) is 25.0 Å². The molecule has 0 atom stereocenters. The highest BCUT2D eigenvalue weighted by atomic mass is 16.4. The highest BCUT2D eigenvalue weighted by Crippen LogP contribution is 2.13. The second-order valence-corrected chi connectivity index (χ2v) is 4.70. The first-order chi connectivity index (χ1) is 8.65. The molecule has 1 N–H and O–H groups in total. The van der Waals surface area contributed by atoms with Crippen LogP contribution in [0.2, 0.25) is 0 Å². The van der Waals surface area contributed by atoms with E-state index in [9.17, 15) is 4.79 Å². The van der Waals surface area contributed by atoms with E-state index in [2.05, 4.69) is 16.0 Å². The van der Waals surface area contributed by atoms with Gasteiger partial charge in [0.2, 0.25) is 0 Å². The van der Waals surface area contributed by atoms with Crippen LogP contribution in [-0.4, -0.2) is 53.7 Å². The van der Waals surface area contributed by atoms with Crippen LogP contribution in [-0.2, 0) is 4.79 Å². The van der Waals surface area contributed by atoms with E-state index < -0.39 is 5.97 Å². The van der Waals surface area contributed by atoms with Gasteiger partial charge >= 0.3 is 5.97 Å². The molecule has 0 saturated carbocycles. The van der Waals surface area contributed by atoms with Crippen LogP contribution in [0, 0.1) is 6.92 Å². The number of anilines is 1. The summed E-state index contributed by atoms with van der Waals surface area (Å²) in [5.41, 5.74) is 1.15. The number of aryl methyl sites for hydroxylation is 1. The largest absolute Gasteiger partial charge is 0.480 e. The maximum atomic E-state index is 10.7. The Morgan fingerprint density at radius 2 is 2.17 bits per heavy atom. The molecule has 0 radical (unpaired) electrons. The average Bonchev–Trinajstić information content (AvgIpc) is 2.55. The molecule has 0 spiro atoms. The van der Waals surface area contributed by atoms with Gasteiger partial charge in [-0.25, -0.2) is 4.98 Å². The Balaban J connectivity index is 1.96. The second kappa shape index (κ2) is 5.82. The highest BCUT2D eigenvalue weighted by Gasteiger charge is 2.17. The second-order valence-electron chi connectivity index (χ2n) is 4.70. The third-order valence-corrected chi connectivity index (χ3v) is 3.17. The Hall–Kier alpha value is -1.62. The number of hydrogen-bond acceptors (Lipinski definition) is 4. The number of carboxylic acid groups (broad SMARTS) is 1. The van der Waals surface area contributed by atoms with Crippen LogP contribution in [0.1, 0.15) is 12.0 Å². The molecule has 1 aliphatic heterocycles. The zero-order valence-electron chi connectivity index (χ0n) is 10.7. The van der Waals surface area contributed by atoms with E-state index in [1.165, 1.54) is 0 Å². The normalized spacial score (nSPS) is 17.5. The quantitative estimate of drug-likeness (QED) is 0.865. The van der Waals surface area contributed by atoms with E-state index in [0.717, 1.165) is 44.0 Å². The zero-order chi connectivity index (χ0) is 13.0. The fraction of sp³-hybridized carbons (Fsp3) is 0.538. The Morgan fingerprint density at radius 1 is 1.33 bits per heavy atom. The molecule has 1 aromatic rings. The monoisotopic (exact) mass is 249 g/mol. The summed E-state index contributed by atoms with van der Waals surface area (Å²) in [5.74, 6) is 0.231. The Kier molecular flexibility index (Phi) is 4.15. The lowest BCUT2D eigenvalue weighted by Crippen LogP contribution is -2.34. The number of hydrogen-bond donors (Lipinski definition) is 1. The number of pyridine rings is 1. The predicted octanol–water partition coefficient (Wildman–Crippen LogP) is 0.987. The lowest BCUT2D eigenvalue weighted by Gasteiger charge is -2.22. The summed E-state index contributed by atoms with van der Waals surface area (Å²) in [7, 11) is 0. The number of aromatic nitrogens is 1. The van der Waals surface area contributed by atoms with Crippen LogP contribution in [0.15, 0.2) is 18.3 Å². The summed E-state index contributed by atoms with van der Waals surface area (Å²) in [6, 6.07) is 4.09. The van der Waals surface area contributed by atoms with Crippen LogP contribution in [0.25, 0.3) is 0 Å². The standard InChI is InChI=1S/C13H19N3O2/c1-11-3-4-12(14-9-11)16-6-2-5-15(7-8-16)10-13(17)18/h3-4,9H,2,5-8,10H2,1H3,(H,17,18). The van der Waals surface area contributed by atoms with Crippen molar-refractivity contribution in [3.8, 4) is 0 Å². The Morgan fingerprint density at radius 3 is 2.83 bits per heavy atom. The molecule has 0 aliphatic carbocycles. The first-order valence-corrected chi connectivity index (χ1v) is 6.27. The molecular formula is C13H19N3O2. The fourth-order valence-electron chi connectivity index (χ4n) is 2.20. The van der Waals surface area contributed by atoms with Gasteiger partial charge in [-0.15, -0.1) is 0 Å². The van der Waals surface area contributed by atoms with Crippen molar-refractivity contribution >= 4 is 11.8 Å². The third kappa shape index (κ3) is 3.43. The molecule has 0 unspecified atom stereocenters. The smallest absolute Gasteiger partial charge is 0.317 e. The van der Waals surface area contributed by atoms with Crippen molar-refractivity contribution in [1.82, 2.24) is 9.88 Å². The van der Waals surface area contributed by atoms with Gasteiger partial charge in [0.25, 0.3) is 0 Å². The van der Waals surface area contributed by atoms with Crippen molar-refractivity contribution in [3.63, 3.8) is 0 Å². The fourth-order valence-corrected chi connectivity index (χ4v) is 2.20. The minimum absolute atomic E-state index is 0.134. The summed E-state index contributed by atoms with van der Waals surface area (Å²) < 4.78 is 0. The Labute approximate surface area is 107 Å². The predicted molar refractivity (Wildman–Crippen MR) is 69.9 cm³/mol. The van der Waals surface area contributed by atoms with E-state index in [0.29, 0.717) is 0 Å². The molecule has 0 aromatic carbocycles. The van der Waals surface area contributed by atoms with Gasteiger partial charge in [-0.1, -0.05) is 6.07 Å². The van der Waals surface area contributed by atoms with Gasteiger partial charge in [-0.2, -0.15) is 0 Å². The van der Waals surface area contributed by atoms with Crippen molar-refractivity contribution in [2.75, 3.05) is 37.6 Å². The number of rotatable bonds is 3. The molecule has 1 saturated heterocycles. The van der Waals surface area contributed by atoms with Crippen molar-refractivity contribution in [1.29, 1.82) is 0 Å². The molecule has 1 aliphatic rings. The lowest BCUT2D eigenvalue weighted by molar-refractivity contribution is -0.138. The van der Waals surface area contributed by atoms with Crippen LogP contribution >= 0.6 is 0 Å². The summed E-state index contributed by atoms with van der Waals surface area (Å²) >= 11 is 0. The van der Waals surface area contributed by atoms with Gasteiger partial charge in [0.05, 0.1) is 6.54 Å². The van der Waals surface area contributed by atoms with Crippen LogP contribution in [0.3, 0.4) is 0 Å². The van der Waals surface area contributed by atoms with Gasteiger partial charge in [0.1, 0.15) is 5.82 Å². The van der Waals surface area contributed by atoms with Crippen molar-refractivity contribution < 1.29 is 9.90 Å². The molecule has 1 aromatic heterocycles. The zero-order valence-corrected chi connectivity index (χ0v) is 10.7. The molecular weight excluding hydrogens is 230 g/mol. The minimum Gasteiger partial charge on any atom is -0.480 e. The minimum atomic E-state index is -0.753. The molecule has 0 amide bonds. The number of aliphatic carboxylic acids is 1. The average molecular weight is 249 g/mol. The van der Waals surface area contributed by atoms with E-state index in [1.54, 1.807) is 0 Å². The molecule has 2 heterocycles. The lowest BCUT2D eigenvalue weighted by atomic mass is 10.3. The van der Waals surface area contributed by atoms with E-state index in [-0.39, 0.29) is 6.54 Å². The van der Waals surface area contributed by atoms with E-state index >= 15 is 0 Å². The van der Waals surface area contributed by atoms with Crippen molar-refractivity contribution in [2.45, 2.75) is 13.3 Å². The summed E-state index contributed by atoms with van der Waals surface area (Å²) in [6.07, 6.45) is 2.85. The molecule has 0 bridgehead atoms. The number of carbonyl (C=O) groups is 1. The van der Waals surface area contributed by atoms with Crippen LogP contribution in [0.5, 0.6) is 0 Å². The first-order valence-electron chi connectivity index (χ1n) is 6.27. The van der Waals surface area contributed by atoms with Gasteiger partial charge in [0, 0.05) is 32.4 Å². The van der Waals surface area contributed by atoms with E-state index in [4.69, 9.17) is 5.11 Å². The number of nitrogens with zero attached hydrogens (tertiary/aromatic N) is 3. The van der Waals surface area contributed by atoms with Crippen molar-refractivity contribution in [3.05, 3.63) is 23.9 Å². The SMILES string of the molecule is Cc1ccc(N2CCCN(CC(=O)O)CC2)nc1. The van der Waals surface area contributed by atoms with E-state index in [1.807, 2.05) is 24.1 Å². The third-order valence-electron chi connectivity index (χ3n) is 3.17. The summed E-state index contributed by atoms with van der Waals surface area (Å²) in [5, 5.41) is 8.80. The maximum absolute atomic E-state index is 10.7. The van der Waals surface area contributed by atoms with Crippen molar-refractivity contribution in [2.24, 2.45) is 0 Å². The topological polar surface area (TPSA) is 56.7 Å². The molecule has 18 heavy (non-hydrogen) atoms. The molecule has 5 heteroatoms. The van der Waals surface area contributed by atoms with Gasteiger partial charge < -0.3 is 10.0 Å². The molecule has 98 valence electrons. The maximum Gasteiger partial charge on any atom is 0.317 e. The van der Waals surface area contributed by atoms with Gasteiger partial charge in [0.15, 0.2) is 0 Å². The first kappa shape index (κ1) is 12.8. The summed E-state index contributed by atoms with van der Waals surface area (Å²) in [4.78, 5) is 19.3.